The smallest absolute Gasteiger partial charge is 0.407 e. The maximum atomic E-state index is 12.9. The molecular weight excluding hydrogens is 376 g/mol. The third kappa shape index (κ3) is 4.08. The van der Waals surface area contributed by atoms with Crippen molar-refractivity contribution in [2.75, 3.05) is 19.6 Å². The monoisotopic (exact) mass is 408 g/mol. The Balaban J connectivity index is 1.57. The lowest BCUT2D eigenvalue weighted by atomic mass is 9.79. The lowest BCUT2D eigenvalue weighted by molar-refractivity contribution is 0.0884. The Morgan fingerprint density at radius 1 is 1.23 bits per heavy atom. The molecule has 2 N–H and O–H groups in total. The van der Waals surface area contributed by atoms with E-state index in [2.05, 4.69) is 38.2 Å². The van der Waals surface area contributed by atoms with E-state index < -0.39 is 6.09 Å². The Bertz CT molecular complexity index is 917. The van der Waals surface area contributed by atoms with E-state index in [1.807, 2.05) is 18.2 Å². The largest absolute Gasteiger partial charge is 0.465 e. The highest BCUT2D eigenvalue weighted by atomic mass is 16.4. The van der Waals surface area contributed by atoms with Crippen LogP contribution in [0.25, 0.3) is 5.57 Å². The van der Waals surface area contributed by atoms with Crippen molar-refractivity contribution in [1.29, 1.82) is 0 Å². The second kappa shape index (κ2) is 8.03. The summed E-state index contributed by atoms with van der Waals surface area (Å²) < 4.78 is 0. The fraction of sp³-hybridized carbons (Fsp3) is 0.520. The summed E-state index contributed by atoms with van der Waals surface area (Å²) in [6.07, 6.45) is 6.98. The molecule has 1 aliphatic carbocycles. The molecule has 4 rings (SSSR count). The van der Waals surface area contributed by atoms with Crippen molar-refractivity contribution >= 4 is 17.4 Å². The van der Waals surface area contributed by atoms with Gasteiger partial charge in [-0.3, -0.25) is 4.79 Å². The number of carbonyl (C=O) groups excluding carboxylic acids is 1. The number of hydrogen-bond acceptors (Lipinski definition) is 3. The van der Waals surface area contributed by atoms with Crippen LogP contribution in [0.1, 0.15) is 61.5 Å². The van der Waals surface area contributed by atoms with Gasteiger partial charge in [0.1, 0.15) is 0 Å². The minimum atomic E-state index is -0.863. The SMILES string of the molecule is CC(C)(C)C1CC(c2ccc3c(c2)CC(=CC2CCNCC2)C3=O)=CCN1C(=O)O. The molecule has 0 saturated carbocycles. The fourth-order valence-corrected chi connectivity index (χ4v) is 5.01. The van der Waals surface area contributed by atoms with Crippen LogP contribution in [0.3, 0.4) is 0 Å². The zero-order valence-electron chi connectivity index (χ0n) is 18.2. The third-order valence-corrected chi connectivity index (χ3v) is 6.78. The number of nitrogens with zero attached hydrogens (tertiary/aromatic N) is 1. The number of nitrogens with one attached hydrogen (secondary N) is 1. The number of ketones is 1. The number of benzene rings is 1. The summed E-state index contributed by atoms with van der Waals surface area (Å²) in [5.41, 5.74) is 5.02. The summed E-state index contributed by atoms with van der Waals surface area (Å²) >= 11 is 0. The molecule has 30 heavy (non-hydrogen) atoms. The molecular formula is C25H32N2O3. The Kier molecular flexibility index (Phi) is 5.58. The lowest BCUT2D eigenvalue weighted by Gasteiger charge is -2.41. The van der Waals surface area contributed by atoms with Crippen LogP contribution in [0.5, 0.6) is 0 Å². The molecule has 1 unspecified atom stereocenters. The number of piperidine rings is 1. The number of carboxylic acid groups (broad SMARTS) is 1. The van der Waals surface area contributed by atoms with Crippen LogP contribution in [0.2, 0.25) is 0 Å². The number of amides is 1. The molecule has 160 valence electrons. The molecule has 1 saturated heterocycles. The van der Waals surface area contributed by atoms with Crippen LogP contribution in [0.15, 0.2) is 35.9 Å². The van der Waals surface area contributed by atoms with Crippen molar-refractivity contribution in [3.63, 3.8) is 0 Å². The maximum absolute atomic E-state index is 12.9. The van der Waals surface area contributed by atoms with E-state index in [4.69, 9.17) is 0 Å². The molecule has 5 nitrogen and oxygen atoms in total. The van der Waals surface area contributed by atoms with E-state index in [1.165, 1.54) is 5.57 Å². The van der Waals surface area contributed by atoms with Gasteiger partial charge in [0.2, 0.25) is 0 Å². The van der Waals surface area contributed by atoms with E-state index in [1.54, 1.807) is 4.90 Å². The Morgan fingerprint density at radius 3 is 2.63 bits per heavy atom. The van der Waals surface area contributed by atoms with Gasteiger partial charge >= 0.3 is 6.09 Å². The first kappa shape index (κ1) is 20.9. The third-order valence-electron chi connectivity index (χ3n) is 6.78. The molecule has 0 bridgehead atoms. The Hall–Kier alpha value is -2.40. The number of hydrogen-bond donors (Lipinski definition) is 2. The second-order valence-corrected chi connectivity index (χ2v) is 9.91. The van der Waals surface area contributed by atoms with Gasteiger partial charge in [0, 0.05) is 30.1 Å². The molecule has 2 heterocycles. The molecule has 1 aromatic carbocycles. The van der Waals surface area contributed by atoms with E-state index in [9.17, 15) is 14.7 Å². The van der Waals surface area contributed by atoms with E-state index in [0.717, 1.165) is 48.2 Å². The summed E-state index contributed by atoms with van der Waals surface area (Å²) in [5, 5.41) is 13.0. The summed E-state index contributed by atoms with van der Waals surface area (Å²) in [6, 6.07) is 6.08. The van der Waals surface area contributed by atoms with Crippen LogP contribution in [-0.2, 0) is 6.42 Å². The molecule has 5 heteroatoms. The average molecular weight is 409 g/mol. The molecule has 1 fully saturated rings. The van der Waals surface area contributed by atoms with Gasteiger partial charge in [-0.1, -0.05) is 51.1 Å². The van der Waals surface area contributed by atoms with E-state index in [-0.39, 0.29) is 17.2 Å². The maximum Gasteiger partial charge on any atom is 0.407 e. The molecule has 3 aliphatic rings. The highest BCUT2D eigenvalue weighted by molar-refractivity contribution is 6.13. The summed E-state index contributed by atoms with van der Waals surface area (Å²) in [6.45, 7) is 8.73. The van der Waals surface area contributed by atoms with Crippen molar-refractivity contribution in [3.05, 3.63) is 52.6 Å². The summed E-state index contributed by atoms with van der Waals surface area (Å²) in [4.78, 5) is 26.1. The van der Waals surface area contributed by atoms with Crippen LogP contribution in [0, 0.1) is 11.3 Å². The molecule has 0 radical (unpaired) electrons. The number of rotatable bonds is 2. The number of allylic oxidation sites excluding steroid dienone is 2. The van der Waals surface area contributed by atoms with Crippen molar-refractivity contribution < 1.29 is 14.7 Å². The van der Waals surface area contributed by atoms with Gasteiger partial charge in [-0.25, -0.2) is 4.79 Å². The van der Waals surface area contributed by atoms with Crippen LogP contribution >= 0.6 is 0 Å². The van der Waals surface area contributed by atoms with Crippen LogP contribution < -0.4 is 5.32 Å². The zero-order valence-corrected chi connectivity index (χ0v) is 18.2. The van der Waals surface area contributed by atoms with Gasteiger partial charge < -0.3 is 15.3 Å². The lowest BCUT2D eigenvalue weighted by Crippen LogP contribution is -2.48. The normalized spacial score (nSPS) is 24.2. The highest BCUT2D eigenvalue weighted by Gasteiger charge is 2.36. The minimum absolute atomic E-state index is 0.0692. The first-order chi connectivity index (χ1) is 14.2. The Labute approximate surface area is 178 Å². The van der Waals surface area contributed by atoms with Crippen LogP contribution in [-0.4, -0.2) is 47.6 Å². The molecule has 1 atom stereocenters. The number of carbonyl (C=O) groups is 2. The number of Topliss-reactive ketones (excluding diaryl/α,β-unsaturated/α-hetero) is 1. The molecule has 0 aromatic heterocycles. The van der Waals surface area contributed by atoms with E-state index in [0.29, 0.717) is 25.3 Å². The summed E-state index contributed by atoms with van der Waals surface area (Å²) in [7, 11) is 0. The van der Waals surface area contributed by atoms with Gasteiger partial charge in [-0.2, -0.15) is 0 Å². The van der Waals surface area contributed by atoms with Crippen molar-refractivity contribution in [1.82, 2.24) is 10.2 Å². The van der Waals surface area contributed by atoms with Gasteiger partial charge in [-0.15, -0.1) is 0 Å². The minimum Gasteiger partial charge on any atom is -0.465 e. The highest BCUT2D eigenvalue weighted by Crippen LogP contribution is 2.37. The molecule has 2 aliphatic heterocycles. The van der Waals surface area contributed by atoms with Crippen LogP contribution in [0.4, 0.5) is 4.79 Å². The Morgan fingerprint density at radius 2 is 1.97 bits per heavy atom. The standard InChI is InChI=1S/C25H32N2O3/c1-25(2,3)22-15-18(8-11-27(22)24(29)30)17-4-5-21-19(13-17)14-20(23(21)28)12-16-6-9-26-10-7-16/h4-5,8,12-13,16,22,26H,6-7,9-11,14-15H2,1-3H3,(H,29,30). The predicted octanol–water partition coefficient (Wildman–Crippen LogP) is 4.53. The van der Waals surface area contributed by atoms with Crippen molar-refractivity contribution in [3.8, 4) is 0 Å². The van der Waals surface area contributed by atoms with Crippen molar-refractivity contribution in [2.24, 2.45) is 11.3 Å². The number of fused-ring (bicyclic) bond motifs is 1. The molecule has 1 aromatic rings. The van der Waals surface area contributed by atoms with Gasteiger partial charge in [0.15, 0.2) is 5.78 Å². The predicted molar refractivity (Wildman–Crippen MR) is 119 cm³/mol. The van der Waals surface area contributed by atoms with Gasteiger partial charge in [0.25, 0.3) is 0 Å². The molecule has 1 amide bonds. The van der Waals surface area contributed by atoms with E-state index >= 15 is 0 Å². The molecule has 0 spiro atoms. The second-order valence-electron chi connectivity index (χ2n) is 9.91. The quantitative estimate of drug-likeness (QED) is 0.705. The van der Waals surface area contributed by atoms with Crippen molar-refractivity contribution in [2.45, 2.75) is 52.5 Å². The topological polar surface area (TPSA) is 69.6 Å². The first-order valence-electron chi connectivity index (χ1n) is 11.0. The fourth-order valence-electron chi connectivity index (χ4n) is 5.01. The van der Waals surface area contributed by atoms with Gasteiger partial charge in [-0.05, 0) is 60.4 Å². The average Bonchev–Trinajstić information content (AvgIpc) is 3.02. The summed E-state index contributed by atoms with van der Waals surface area (Å²) in [5.74, 6) is 0.673. The zero-order chi connectivity index (χ0) is 21.5. The van der Waals surface area contributed by atoms with Gasteiger partial charge in [0.05, 0.1) is 0 Å². The first-order valence-corrected chi connectivity index (χ1v) is 11.0.